The first-order valence-electron chi connectivity index (χ1n) is 7.91. The molecule has 1 amide bonds. The second-order valence-electron chi connectivity index (χ2n) is 5.58. The van der Waals surface area contributed by atoms with E-state index in [0.717, 1.165) is 24.0 Å². The van der Waals surface area contributed by atoms with Gasteiger partial charge in [0.2, 0.25) is 0 Å². The Bertz CT molecular complexity index is 695. The predicted octanol–water partition coefficient (Wildman–Crippen LogP) is 2.96. The third-order valence-corrected chi connectivity index (χ3v) is 4.00. The summed E-state index contributed by atoms with van der Waals surface area (Å²) in [5.74, 6) is 0.989. The molecule has 0 bridgehead atoms. The van der Waals surface area contributed by atoms with Crippen molar-refractivity contribution < 1.29 is 14.3 Å². The molecule has 1 saturated heterocycles. The van der Waals surface area contributed by atoms with Crippen LogP contribution in [-0.4, -0.2) is 38.1 Å². The molecule has 0 atom stereocenters. The maximum absolute atomic E-state index is 12.4. The van der Waals surface area contributed by atoms with Crippen LogP contribution >= 0.6 is 0 Å². The number of methoxy groups -OCH3 is 2. The first-order valence-corrected chi connectivity index (χ1v) is 7.91. The number of carbonyl (C=O) groups is 1. The molecule has 2 rings (SSSR count). The van der Waals surface area contributed by atoms with E-state index >= 15 is 0 Å². The van der Waals surface area contributed by atoms with Crippen molar-refractivity contribution in [1.29, 1.82) is 5.26 Å². The smallest absolute Gasteiger partial charge is 0.264 e. The van der Waals surface area contributed by atoms with Crippen molar-refractivity contribution in [1.82, 2.24) is 4.90 Å². The highest BCUT2D eigenvalue weighted by Crippen LogP contribution is 2.34. The third kappa shape index (κ3) is 3.77. The van der Waals surface area contributed by atoms with Crippen molar-refractivity contribution in [3.8, 4) is 17.6 Å². The van der Waals surface area contributed by atoms with Crippen molar-refractivity contribution in [2.24, 2.45) is 0 Å². The first kappa shape index (κ1) is 17.6. The number of carbonyl (C=O) groups excluding carboxylic acids is 1. The van der Waals surface area contributed by atoms with Gasteiger partial charge in [-0.1, -0.05) is 6.08 Å². The van der Waals surface area contributed by atoms with Crippen LogP contribution in [-0.2, 0) is 11.2 Å². The third-order valence-electron chi connectivity index (χ3n) is 4.00. The maximum Gasteiger partial charge on any atom is 0.264 e. The number of allylic oxidation sites excluding steroid dienone is 1. The molecular formula is C19H22N2O3. The predicted molar refractivity (Wildman–Crippen MR) is 92.9 cm³/mol. The highest BCUT2D eigenvalue weighted by Gasteiger charge is 2.21. The van der Waals surface area contributed by atoms with Crippen LogP contribution in [0.3, 0.4) is 0 Å². The van der Waals surface area contributed by atoms with Crippen molar-refractivity contribution in [2.75, 3.05) is 27.3 Å². The molecule has 5 heteroatoms. The molecule has 0 aromatic heterocycles. The summed E-state index contributed by atoms with van der Waals surface area (Å²) >= 11 is 0. The molecule has 0 saturated carbocycles. The zero-order chi connectivity index (χ0) is 17.5. The van der Waals surface area contributed by atoms with Crippen molar-refractivity contribution in [3.05, 3.63) is 41.5 Å². The summed E-state index contributed by atoms with van der Waals surface area (Å²) < 4.78 is 10.8. The Morgan fingerprint density at radius 3 is 2.58 bits per heavy atom. The normalized spacial score (nSPS) is 14.2. The fraction of sp³-hybridized carbons (Fsp3) is 0.368. The van der Waals surface area contributed by atoms with Crippen LogP contribution in [0.2, 0.25) is 0 Å². The number of nitriles is 1. The molecule has 1 heterocycles. The number of rotatable bonds is 6. The first-order chi connectivity index (χ1) is 11.6. The quantitative estimate of drug-likeness (QED) is 0.458. The Morgan fingerprint density at radius 1 is 1.33 bits per heavy atom. The van der Waals surface area contributed by atoms with Gasteiger partial charge in [0.25, 0.3) is 5.91 Å². The summed E-state index contributed by atoms with van der Waals surface area (Å²) in [6.45, 7) is 5.18. The van der Waals surface area contributed by atoms with E-state index in [4.69, 9.17) is 9.47 Å². The van der Waals surface area contributed by atoms with Gasteiger partial charge in [-0.3, -0.25) is 4.79 Å². The van der Waals surface area contributed by atoms with Crippen molar-refractivity contribution >= 4 is 12.0 Å². The molecule has 1 aromatic carbocycles. The van der Waals surface area contributed by atoms with Gasteiger partial charge in [0.15, 0.2) is 11.5 Å². The molecule has 126 valence electrons. The van der Waals surface area contributed by atoms with Crippen molar-refractivity contribution in [2.45, 2.75) is 19.3 Å². The van der Waals surface area contributed by atoms with E-state index in [0.29, 0.717) is 31.0 Å². The molecule has 5 nitrogen and oxygen atoms in total. The number of amides is 1. The van der Waals surface area contributed by atoms with E-state index < -0.39 is 0 Å². The molecule has 1 aliphatic heterocycles. The van der Waals surface area contributed by atoms with E-state index in [1.807, 2.05) is 12.1 Å². The minimum Gasteiger partial charge on any atom is -0.493 e. The molecule has 1 aliphatic rings. The number of likely N-dealkylation sites (tertiary alicyclic amines) is 1. The Balaban J connectivity index is 2.42. The molecule has 0 radical (unpaired) electrons. The van der Waals surface area contributed by atoms with Gasteiger partial charge in [0, 0.05) is 18.7 Å². The Morgan fingerprint density at radius 2 is 2.04 bits per heavy atom. The Hall–Kier alpha value is -2.74. The van der Waals surface area contributed by atoms with Gasteiger partial charge in [0.05, 0.1) is 14.2 Å². The Labute approximate surface area is 142 Å². The molecule has 0 N–H and O–H groups in total. The standard InChI is InChI=1S/C19H22N2O3/c1-4-7-15-10-14(12-17(23-2)18(15)24-3)11-16(13-20)19(22)21-8-5-6-9-21/h4,10-12H,1,5-9H2,2-3H3/b16-11+. The molecule has 0 unspecified atom stereocenters. The number of hydrogen-bond acceptors (Lipinski definition) is 4. The molecule has 24 heavy (non-hydrogen) atoms. The van der Waals surface area contributed by atoms with Gasteiger partial charge in [-0.25, -0.2) is 0 Å². The summed E-state index contributed by atoms with van der Waals surface area (Å²) in [6.07, 6.45) is 5.96. The van der Waals surface area contributed by atoms with Crippen molar-refractivity contribution in [3.63, 3.8) is 0 Å². The zero-order valence-corrected chi connectivity index (χ0v) is 14.2. The lowest BCUT2D eigenvalue weighted by atomic mass is 10.0. The minimum absolute atomic E-state index is 0.133. The fourth-order valence-electron chi connectivity index (χ4n) is 2.86. The van der Waals surface area contributed by atoms with Gasteiger partial charge in [-0.05, 0) is 43.0 Å². The fourth-order valence-corrected chi connectivity index (χ4v) is 2.86. The van der Waals surface area contributed by atoms with E-state index in [2.05, 4.69) is 6.58 Å². The topological polar surface area (TPSA) is 62.6 Å². The zero-order valence-electron chi connectivity index (χ0n) is 14.2. The largest absolute Gasteiger partial charge is 0.493 e. The minimum atomic E-state index is -0.213. The summed E-state index contributed by atoms with van der Waals surface area (Å²) in [5.41, 5.74) is 1.76. The van der Waals surface area contributed by atoms with Crippen LogP contribution < -0.4 is 9.47 Å². The number of nitrogens with zero attached hydrogens (tertiary/aromatic N) is 2. The highest BCUT2D eigenvalue weighted by atomic mass is 16.5. The molecule has 1 aromatic rings. The maximum atomic E-state index is 12.4. The Kier molecular flexibility index (Phi) is 6.02. The molecule has 0 aliphatic carbocycles. The molecule has 0 spiro atoms. The second kappa shape index (κ2) is 8.21. The second-order valence-corrected chi connectivity index (χ2v) is 5.58. The van der Waals surface area contributed by atoms with Gasteiger partial charge in [-0.15, -0.1) is 6.58 Å². The summed E-state index contributed by atoms with van der Waals surface area (Å²) in [5, 5.41) is 9.38. The lowest BCUT2D eigenvalue weighted by Crippen LogP contribution is -2.28. The van der Waals surface area contributed by atoms with Crippen LogP contribution in [0.1, 0.15) is 24.0 Å². The SMILES string of the molecule is C=CCc1cc(/C=C(\C#N)C(=O)N2CCCC2)cc(OC)c1OC. The van der Waals surface area contributed by atoms with Crippen LogP contribution in [0.4, 0.5) is 0 Å². The van der Waals surface area contributed by atoms with Gasteiger partial charge >= 0.3 is 0 Å². The average molecular weight is 326 g/mol. The lowest BCUT2D eigenvalue weighted by Gasteiger charge is -2.15. The average Bonchev–Trinajstić information content (AvgIpc) is 3.13. The summed E-state index contributed by atoms with van der Waals surface area (Å²) in [7, 11) is 3.14. The van der Waals surface area contributed by atoms with Gasteiger partial charge in [0.1, 0.15) is 11.6 Å². The van der Waals surface area contributed by atoms with E-state index in [9.17, 15) is 10.1 Å². The monoisotopic (exact) mass is 326 g/mol. The van der Waals surface area contributed by atoms with Crippen LogP contribution in [0.25, 0.3) is 6.08 Å². The van der Waals surface area contributed by atoms with Crippen LogP contribution in [0.15, 0.2) is 30.4 Å². The number of hydrogen-bond donors (Lipinski definition) is 0. The molecular weight excluding hydrogens is 304 g/mol. The number of benzene rings is 1. The van der Waals surface area contributed by atoms with E-state index in [1.165, 1.54) is 0 Å². The van der Waals surface area contributed by atoms with Gasteiger partial charge in [-0.2, -0.15) is 5.26 Å². The lowest BCUT2D eigenvalue weighted by molar-refractivity contribution is -0.125. The number of ether oxygens (including phenoxy) is 2. The van der Waals surface area contributed by atoms with Crippen LogP contribution in [0.5, 0.6) is 11.5 Å². The molecule has 1 fully saturated rings. The summed E-state index contributed by atoms with van der Waals surface area (Å²) in [4.78, 5) is 14.2. The van der Waals surface area contributed by atoms with E-state index in [1.54, 1.807) is 37.3 Å². The summed E-state index contributed by atoms with van der Waals surface area (Å²) in [6, 6.07) is 5.67. The van der Waals surface area contributed by atoms with Crippen LogP contribution in [0, 0.1) is 11.3 Å². The highest BCUT2D eigenvalue weighted by molar-refractivity contribution is 6.01. The van der Waals surface area contributed by atoms with Gasteiger partial charge < -0.3 is 14.4 Å². The van der Waals surface area contributed by atoms with E-state index in [-0.39, 0.29) is 11.5 Å².